The zero-order chi connectivity index (χ0) is 23.0. The van der Waals surface area contributed by atoms with Gasteiger partial charge in [0, 0.05) is 5.92 Å². The van der Waals surface area contributed by atoms with Crippen LogP contribution in [0.5, 0.6) is 0 Å². The summed E-state index contributed by atoms with van der Waals surface area (Å²) in [4.78, 5) is 0. The fourth-order valence-electron chi connectivity index (χ4n) is 6.91. The summed E-state index contributed by atoms with van der Waals surface area (Å²) in [6.45, 7) is 14.8. The smallest absolute Gasteiger partial charge is 0.0837 e. The van der Waals surface area contributed by atoms with Crippen molar-refractivity contribution < 1.29 is 15.3 Å². The summed E-state index contributed by atoms with van der Waals surface area (Å²) in [5, 5.41) is 30.7. The van der Waals surface area contributed by atoms with Crippen LogP contribution < -0.4 is 0 Å². The van der Waals surface area contributed by atoms with Crippen LogP contribution >= 0.6 is 0 Å². The number of aliphatic hydroxyl groups excluding tert-OH is 2. The van der Waals surface area contributed by atoms with Gasteiger partial charge in [-0.3, -0.25) is 0 Å². The number of rotatable bonds is 6. The molecule has 3 N–H and O–H groups in total. The lowest BCUT2D eigenvalue weighted by Gasteiger charge is -2.44. The molecular formula is C28H46O3. The van der Waals surface area contributed by atoms with Crippen molar-refractivity contribution in [1.82, 2.24) is 0 Å². The Labute approximate surface area is 190 Å². The highest BCUT2D eigenvalue weighted by Gasteiger charge is 2.50. The third kappa shape index (κ3) is 5.37. The van der Waals surface area contributed by atoms with Crippen LogP contribution in [-0.4, -0.2) is 33.1 Å². The monoisotopic (exact) mass is 430 g/mol. The molecule has 0 aromatic heterocycles. The average Bonchev–Trinajstić information content (AvgIpc) is 3.04. The van der Waals surface area contributed by atoms with Crippen molar-refractivity contribution in [3.8, 4) is 0 Å². The van der Waals surface area contributed by atoms with Crippen LogP contribution in [-0.2, 0) is 0 Å². The lowest BCUT2D eigenvalue weighted by atomic mass is 9.60. The fourth-order valence-corrected chi connectivity index (χ4v) is 6.91. The summed E-state index contributed by atoms with van der Waals surface area (Å²) in [6, 6.07) is 0. The van der Waals surface area contributed by atoms with Gasteiger partial charge < -0.3 is 15.3 Å². The van der Waals surface area contributed by atoms with Crippen molar-refractivity contribution in [2.24, 2.45) is 29.1 Å². The predicted molar refractivity (Wildman–Crippen MR) is 129 cm³/mol. The Morgan fingerprint density at radius 1 is 1.23 bits per heavy atom. The standard InChI is InChI=1S/C28H46O3/c1-18(9-7-15-27(4,5)31)23-13-14-24-21(10-8-16-28(23,24)6)11-12-22-17-25(29)20(3)26(30)19(22)2/h11-12,18,20,23-26,29-31H,2,7-10,13-17H2,1,3-6H3/t18-,20-,23+,24?,25-,26+,28+/m0/s1. The fraction of sp³-hybridized carbons (Fsp3) is 0.786. The van der Waals surface area contributed by atoms with Gasteiger partial charge >= 0.3 is 0 Å². The molecular weight excluding hydrogens is 384 g/mol. The Kier molecular flexibility index (Phi) is 7.61. The Hall–Kier alpha value is -0.900. The molecule has 0 bridgehead atoms. The highest BCUT2D eigenvalue weighted by molar-refractivity contribution is 5.39. The zero-order valence-electron chi connectivity index (χ0n) is 20.5. The molecule has 0 amide bonds. The van der Waals surface area contributed by atoms with Crippen molar-refractivity contribution in [3.05, 3.63) is 35.5 Å². The van der Waals surface area contributed by atoms with Crippen molar-refractivity contribution in [2.45, 2.75) is 110 Å². The molecule has 3 nitrogen and oxygen atoms in total. The van der Waals surface area contributed by atoms with E-state index in [1.807, 2.05) is 20.8 Å². The molecule has 3 aliphatic carbocycles. The van der Waals surface area contributed by atoms with Gasteiger partial charge in [-0.2, -0.15) is 0 Å². The maximum Gasteiger partial charge on any atom is 0.0837 e. The quantitative estimate of drug-likeness (QED) is 0.488. The van der Waals surface area contributed by atoms with Crippen molar-refractivity contribution in [2.75, 3.05) is 0 Å². The topological polar surface area (TPSA) is 60.7 Å². The number of aliphatic hydroxyl groups is 3. The van der Waals surface area contributed by atoms with Crippen LogP contribution in [0.15, 0.2) is 35.5 Å². The van der Waals surface area contributed by atoms with E-state index in [1.165, 1.54) is 32.1 Å². The molecule has 0 aliphatic heterocycles. The number of fused-ring (bicyclic) bond motifs is 1. The second-order valence-electron chi connectivity index (χ2n) is 11.8. The highest BCUT2D eigenvalue weighted by atomic mass is 16.3. The van der Waals surface area contributed by atoms with Crippen molar-refractivity contribution in [3.63, 3.8) is 0 Å². The minimum atomic E-state index is -0.648. The van der Waals surface area contributed by atoms with Gasteiger partial charge in [-0.25, -0.2) is 0 Å². The second-order valence-corrected chi connectivity index (χ2v) is 11.8. The average molecular weight is 431 g/mol. The molecule has 3 aliphatic rings. The SMILES string of the molecule is C=C1C(=CC=C2CCC[C@@]3(C)C2CC[C@@H]3[C@@H](C)CCCC(C)(C)O)C[C@H](O)[C@H](C)[C@@H]1O. The van der Waals surface area contributed by atoms with Crippen LogP contribution in [0.3, 0.4) is 0 Å². The van der Waals surface area contributed by atoms with Gasteiger partial charge in [0.2, 0.25) is 0 Å². The van der Waals surface area contributed by atoms with E-state index in [0.717, 1.165) is 36.3 Å². The van der Waals surface area contributed by atoms with Crippen LogP contribution in [0.2, 0.25) is 0 Å². The van der Waals surface area contributed by atoms with Gasteiger partial charge in [-0.15, -0.1) is 0 Å². The Balaban J connectivity index is 1.71. The van der Waals surface area contributed by atoms with Gasteiger partial charge in [0.15, 0.2) is 0 Å². The first-order chi connectivity index (χ1) is 14.4. The van der Waals surface area contributed by atoms with Gasteiger partial charge in [0.05, 0.1) is 17.8 Å². The van der Waals surface area contributed by atoms with Crippen LogP contribution in [0.4, 0.5) is 0 Å². The molecule has 31 heavy (non-hydrogen) atoms. The molecule has 0 heterocycles. The highest BCUT2D eigenvalue weighted by Crippen LogP contribution is 2.60. The van der Waals surface area contributed by atoms with Crippen molar-refractivity contribution in [1.29, 1.82) is 0 Å². The van der Waals surface area contributed by atoms with E-state index in [9.17, 15) is 15.3 Å². The number of hydrogen-bond acceptors (Lipinski definition) is 3. The Bertz CT molecular complexity index is 712. The summed E-state index contributed by atoms with van der Waals surface area (Å²) in [5.74, 6) is 1.94. The molecule has 3 rings (SSSR count). The van der Waals surface area contributed by atoms with E-state index in [2.05, 4.69) is 32.6 Å². The van der Waals surface area contributed by atoms with E-state index in [4.69, 9.17) is 0 Å². The van der Waals surface area contributed by atoms with Gasteiger partial charge in [-0.05, 0) is 93.1 Å². The predicted octanol–water partition coefficient (Wildman–Crippen LogP) is 5.95. The first kappa shape index (κ1) is 24.7. The van der Waals surface area contributed by atoms with E-state index in [1.54, 1.807) is 5.57 Å². The van der Waals surface area contributed by atoms with E-state index >= 15 is 0 Å². The molecule has 1 unspecified atom stereocenters. The zero-order valence-corrected chi connectivity index (χ0v) is 20.5. The molecule has 3 saturated carbocycles. The molecule has 0 radical (unpaired) electrons. The maximum absolute atomic E-state index is 10.4. The number of allylic oxidation sites excluding steroid dienone is 3. The first-order valence-electron chi connectivity index (χ1n) is 12.6. The third-order valence-corrected chi connectivity index (χ3v) is 8.97. The molecule has 0 aromatic carbocycles. The molecule has 0 spiro atoms. The minimum absolute atomic E-state index is 0.149. The largest absolute Gasteiger partial charge is 0.392 e. The van der Waals surface area contributed by atoms with Crippen LogP contribution in [0, 0.1) is 29.1 Å². The Morgan fingerprint density at radius 3 is 2.61 bits per heavy atom. The molecule has 7 atom stereocenters. The maximum atomic E-state index is 10.4. The van der Waals surface area contributed by atoms with Crippen LogP contribution in [0.25, 0.3) is 0 Å². The van der Waals surface area contributed by atoms with Gasteiger partial charge in [-0.1, -0.05) is 57.9 Å². The number of hydrogen-bond donors (Lipinski definition) is 3. The summed E-state index contributed by atoms with van der Waals surface area (Å²) in [7, 11) is 0. The summed E-state index contributed by atoms with van der Waals surface area (Å²) < 4.78 is 0. The lowest BCUT2D eigenvalue weighted by Crippen LogP contribution is -2.36. The molecule has 0 saturated heterocycles. The van der Waals surface area contributed by atoms with E-state index in [0.29, 0.717) is 23.7 Å². The second kappa shape index (κ2) is 9.53. The third-order valence-electron chi connectivity index (χ3n) is 8.97. The minimum Gasteiger partial charge on any atom is -0.392 e. The summed E-state index contributed by atoms with van der Waals surface area (Å²) >= 11 is 0. The van der Waals surface area contributed by atoms with Crippen molar-refractivity contribution >= 4 is 0 Å². The lowest BCUT2D eigenvalue weighted by molar-refractivity contribution is 0.0283. The van der Waals surface area contributed by atoms with Gasteiger partial charge in [0.1, 0.15) is 0 Å². The van der Waals surface area contributed by atoms with E-state index < -0.39 is 17.8 Å². The Morgan fingerprint density at radius 2 is 1.94 bits per heavy atom. The normalized spacial score (nSPS) is 40.4. The summed E-state index contributed by atoms with van der Waals surface area (Å²) in [6.07, 6.45) is 13.4. The van der Waals surface area contributed by atoms with Crippen LogP contribution in [0.1, 0.15) is 92.4 Å². The van der Waals surface area contributed by atoms with Gasteiger partial charge in [0.25, 0.3) is 0 Å². The molecule has 0 aromatic rings. The van der Waals surface area contributed by atoms with E-state index in [-0.39, 0.29) is 5.92 Å². The molecule has 176 valence electrons. The molecule has 3 fully saturated rings. The summed E-state index contributed by atoms with van der Waals surface area (Å²) in [5.41, 5.74) is 3.15. The first-order valence-corrected chi connectivity index (χ1v) is 12.6. The molecule has 3 heteroatoms.